The predicted octanol–water partition coefficient (Wildman–Crippen LogP) is 4.40. The topological polar surface area (TPSA) is 58.1 Å². The summed E-state index contributed by atoms with van der Waals surface area (Å²) in [6.07, 6.45) is 3.62. The standard InChI is InChI=1S/C17H18Cl2N4O/c1-11-5-8-23(9-6-11)16(24)14-4-7-20-17(21-14)22-15-10-12(18)2-3-13(15)19/h2-4,7,10-11H,5-6,8-9H2,1H3,(H,20,21,22). The van der Waals surface area contributed by atoms with Gasteiger partial charge in [0, 0.05) is 24.3 Å². The van der Waals surface area contributed by atoms with Crippen LogP contribution in [0.3, 0.4) is 0 Å². The molecule has 5 nitrogen and oxygen atoms in total. The van der Waals surface area contributed by atoms with Gasteiger partial charge >= 0.3 is 0 Å². The minimum atomic E-state index is -0.0652. The first-order chi connectivity index (χ1) is 11.5. The lowest BCUT2D eigenvalue weighted by Gasteiger charge is -2.30. The van der Waals surface area contributed by atoms with Gasteiger partial charge in [-0.1, -0.05) is 30.1 Å². The molecule has 1 N–H and O–H groups in total. The minimum absolute atomic E-state index is 0.0652. The molecule has 1 saturated heterocycles. The van der Waals surface area contributed by atoms with Crippen LogP contribution in [0.25, 0.3) is 0 Å². The highest BCUT2D eigenvalue weighted by Gasteiger charge is 2.22. The fraction of sp³-hybridized carbons (Fsp3) is 0.353. The normalized spacial score (nSPS) is 15.4. The Labute approximate surface area is 151 Å². The van der Waals surface area contributed by atoms with Crippen molar-refractivity contribution in [3.63, 3.8) is 0 Å². The summed E-state index contributed by atoms with van der Waals surface area (Å²) in [4.78, 5) is 22.9. The number of likely N-dealkylation sites (tertiary alicyclic amines) is 1. The molecular formula is C17H18Cl2N4O. The van der Waals surface area contributed by atoms with E-state index in [2.05, 4.69) is 22.2 Å². The van der Waals surface area contributed by atoms with Gasteiger partial charge in [0.15, 0.2) is 0 Å². The van der Waals surface area contributed by atoms with E-state index in [0.29, 0.717) is 33.3 Å². The molecule has 0 aliphatic carbocycles. The van der Waals surface area contributed by atoms with E-state index in [1.54, 1.807) is 30.5 Å². The van der Waals surface area contributed by atoms with Gasteiger partial charge in [0.1, 0.15) is 5.69 Å². The molecule has 1 amide bonds. The maximum atomic E-state index is 12.6. The molecule has 1 aromatic carbocycles. The van der Waals surface area contributed by atoms with Crippen molar-refractivity contribution in [2.24, 2.45) is 5.92 Å². The van der Waals surface area contributed by atoms with Crippen molar-refractivity contribution in [1.82, 2.24) is 14.9 Å². The van der Waals surface area contributed by atoms with Crippen LogP contribution in [0.1, 0.15) is 30.3 Å². The molecular weight excluding hydrogens is 347 g/mol. The summed E-state index contributed by atoms with van der Waals surface area (Å²) in [7, 11) is 0. The second-order valence-corrected chi connectivity index (χ2v) is 6.83. The lowest BCUT2D eigenvalue weighted by Crippen LogP contribution is -2.38. The summed E-state index contributed by atoms with van der Waals surface area (Å²) >= 11 is 12.1. The second-order valence-electron chi connectivity index (χ2n) is 5.99. The smallest absolute Gasteiger partial charge is 0.272 e. The van der Waals surface area contributed by atoms with Crippen LogP contribution >= 0.6 is 23.2 Å². The summed E-state index contributed by atoms with van der Waals surface area (Å²) in [5.74, 6) is 0.918. The maximum Gasteiger partial charge on any atom is 0.272 e. The van der Waals surface area contributed by atoms with Crippen molar-refractivity contribution in [3.05, 3.63) is 46.2 Å². The number of carbonyl (C=O) groups excluding carboxylic acids is 1. The molecule has 1 aliphatic heterocycles. The number of hydrogen-bond acceptors (Lipinski definition) is 4. The molecule has 7 heteroatoms. The molecule has 3 rings (SSSR count). The Morgan fingerprint density at radius 1 is 1.25 bits per heavy atom. The van der Waals surface area contributed by atoms with Crippen LogP contribution in [0.15, 0.2) is 30.5 Å². The number of aromatic nitrogens is 2. The summed E-state index contributed by atoms with van der Waals surface area (Å²) in [5.41, 5.74) is 0.973. The highest BCUT2D eigenvalue weighted by molar-refractivity contribution is 6.35. The van der Waals surface area contributed by atoms with Crippen LogP contribution in [-0.4, -0.2) is 33.9 Å². The molecule has 1 aliphatic rings. The maximum absolute atomic E-state index is 12.6. The Hall–Kier alpha value is -1.85. The second kappa shape index (κ2) is 7.36. The molecule has 0 radical (unpaired) electrons. The van der Waals surface area contributed by atoms with Crippen LogP contribution in [0.4, 0.5) is 11.6 Å². The van der Waals surface area contributed by atoms with E-state index in [9.17, 15) is 4.79 Å². The van der Waals surface area contributed by atoms with E-state index in [0.717, 1.165) is 25.9 Å². The quantitative estimate of drug-likeness (QED) is 0.876. The number of hydrogen-bond donors (Lipinski definition) is 1. The first kappa shape index (κ1) is 17.0. The van der Waals surface area contributed by atoms with Crippen LogP contribution in [0.2, 0.25) is 10.0 Å². The Balaban J connectivity index is 1.76. The molecule has 0 saturated carbocycles. The van der Waals surface area contributed by atoms with Gasteiger partial charge in [-0.3, -0.25) is 4.79 Å². The molecule has 0 spiro atoms. The van der Waals surface area contributed by atoms with Crippen molar-refractivity contribution >= 4 is 40.7 Å². The first-order valence-corrected chi connectivity index (χ1v) is 8.63. The van der Waals surface area contributed by atoms with Crippen LogP contribution in [-0.2, 0) is 0 Å². The van der Waals surface area contributed by atoms with Gasteiger partial charge in [-0.15, -0.1) is 0 Å². The van der Waals surface area contributed by atoms with E-state index in [1.807, 2.05) is 4.90 Å². The van der Waals surface area contributed by atoms with Crippen molar-refractivity contribution in [3.8, 4) is 0 Å². The van der Waals surface area contributed by atoms with Gasteiger partial charge in [-0.2, -0.15) is 0 Å². The third-order valence-electron chi connectivity index (χ3n) is 4.12. The summed E-state index contributed by atoms with van der Waals surface area (Å²) < 4.78 is 0. The number of nitrogens with one attached hydrogen (secondary N) is 1. The van der Waals surface area contributed by atoms with E-state index in [-0.39, 0.29) is 5.91 Å². The number of halogens is 2. The van der Waals surface area contributed by atoms with Crippen LogP contribution < -0.4 is 5.32 Å². The summed E-state index contributed by atoms with van der Waals surface area (Å²) in [6, 6.07) is 6.71. The molecule has 24 heavy (non-hydrogen) atoms. The summed E-state index contributed by atoms with van der Waals surface area (Å²) in [6.45, 7) is 3.75. The number of benzene rings is 1. The zero-order chi connectivity index (χ0) is 17.1. The van der Waals surface area contributed by atoms with Gasteiger partial charge in [-0.05, 0) is 43.0 Å². The van der Waals surface area contributed by atoms with Gasteiger partial charge in [0.2, 0.25) is 5.95 Å². The lowest BCUT2D eigenvalue weighted by molar-refractivity contribution is 0.0691. The van der Waals surface area contributed by atoms with Crippen molar-refractivity contribution in [1.29, 1.82) is 0 Å². The average molecular weight is 365 g/mol. The molecule has 0 bridgehead atoms. The Kier molecular flexibility index (Phi) is 5.21. The monoisotopic (exact) mass is 364 g/mol. The Bertz CT molecular complexity index is 745. The molecule has 1 fully saturated rings. The zero-order valence-electron chi connectivity index (χ0n) is 13.3. The minimum Gasteiger partial charge on any atom is -0.337 e. The van der Waals surface area contributed by atoms with Gasteiger partial charge < -0.3 is 10.2 Å². The van der Waals surface area contributed by atoms with E-state index < -0.39 is 0 Å². The lowest BCUT2D eigenvalue weighted by atomic mass is 9.99. The first-order valence-electron chi connectivity index (χ1n) is 7.87. The largest absolute Gasteiger partial charge is 0.337 e. The average Bonchev–Trinajstić information content (AvgIpc) is 2.58. The number of carbonyl (C=O) groups is 1. The fourth-order valence-corrected chi connectivity index (χ4v) is 2.96. The van der Waals surface area contributed by atoms with Crippen molar-refractivity contribution < 1.29 is 4.79 Å². The third-order valence-corrected chi connectivity index (χ3v) is 4.69. The number of amides is 1. The molecule has 0 atom stereocenters. The third kappa shape index (κ3) is 3.97. The molecule has 2 heterocycles. The highest BCUT2D eigenvalue weighted by Crippen LogP contribution is 2.27. The number of piperidine rings is 1. The van der Waals surface area contributed by atoms with E-state index >= 15 is 0 Å². The van der Waals surface area contributed by atoms with Crippen molar-refractivity contribution in [2.75, 3.05) is 18.4 Å². The fourth-order valence-electron chi connectivity index (χ4n) is 2.63. The Morgan fingerprint density at radius 2 is 2.00 bits per heavy atom. The number of rotatable bonds is 3. The van der Waals surface area contributed by atoms with Crippen LogP contribution in [0.5, 0.6) is 0 Å². The molecule has 126 valence electrons. The number of nitrogens with zero attached hydrogens (tertiary/aromatic N) is 3. The summed E-state index contributed by atoms with van der Waals surface area (Å²) in [5, 5.41) is 4.07. The SMILES string of the molecule is CC1CCN(C(=O)c2ccnc(Nc3cc(Cl)ccc3Cl)n2)CC1. The van der Waals surface area contributed by atoms with Crippen LogP contribution in [0, 0.1) is 5.92 Å². The highest BCUT2D eigenvalue weighted by atomic mass is 35.5. The molecule has 2 aromatic rings. The predicted molar refractivity (Wildman–Crippen MR) is 96.1 cm³/mol. The number of anilines is 2. The molecule has 1 aromatic heterocycles. The van der Waals surface area contributed by atoms with Gasteiger partial charge in [-0.25, -0.2) is 9.97 Å². The molecule has 0 unspecified atom stereocenters. The Morgan fingerprint density at radius 3 is 2.75 bits per heavy atom. The van der Waals surface area contributed by atoms with E-state index in [4.69, 9.17) is 23.2 Å². The van der Waals surface area contributed by atoms with Gasteiger partial charge in [0.05, 0.1) is 10.7 Å². The van der Waals surface area contributed by atoms with Gasteiger partial charge in [0.25, 0.3) is 5.91 Å². The van der Waals surface area contributed by atoms with E-state index in [1.165, 1.54) is 0 Å². The van der Waals surface area contributed by atoms with Crippen molar-refractivity contribution in [2.45, 2.75) is 19.8 Å². The zero-order valence-corrected chi connectivity index (χ0v) is 14.8.